The van der Waals surface area contributed by atoms with Crippen LogP contribution in [0.25, 0.3) is 50.9 Å². The maximum absolute atomic E-state index is 13.7. The SMILES string of the molecule is CC1CCC(C2CC=C(c3cnc(-c4ccc(C[C@H](NC(=O)c5ccc(C(C)(C)C)s5)C(=O)N5CC[C@H](C(=O)O)C5)cc4)nc3)CC2)CC1.CCCC1CCC(C2CC=C(c3cnc(-c4ccc(C[C@H](NC(=O)c5ccc(C6CC6)s5)C(=O)N5CC(C(=O)O)C5)cc4)nc3)CC2)CC1.CCCC1CCC(C2CC=C(c3cnc(-c4ccc(C[C@H](NC(=O)c5ccc(CC(C)C)s5)C(=O)N5CC(C(=O)O)C5)cc4)nc3)CC2)CC1. The van der Waals surface area contributed by atoms with Gasteiger partial charge in [-0.2, -0.15) is 0 Å². The Balaban J connectivity index is 0.000000151. The van der Waals surface area contributed by atoms with Gasteiger partial charge in [0.1, 0.15) is 18.1 Å². The van der Waals surface area contributed by atoms with Gasteiger partial charge in [0.25, 0.3) is 17.7 Å². The van der Waals surface area contributed by atoms with Crippen LogP contribution >= 0.6 is 34.0 Å². The topological polar surface area (TPSA) is 337 Å². The summed E-state index contributed by atoms with van der Waals surface area (Å²) in [6.07, 6.45) is 56.2. The minimum Gasteiger partial charge on any atom is -0.481 e. The third-order valence-electron chi connectivity index (χ3n) is 33.3. The molecule has 19 rings (SSSR count). The number of nitrogens with zero attached hydrogens (tertiary/aromatic N) is 9. The molecule has 3 aliphatic heterocycles. The van der Waals surface area contributed by atoms with E-state index in [-0.39, 0.29) is 80.0 Å². The smallest absolute Gasteiger partial charge is 0.310 e. The van der Waals surface area contributed by atoms with Crippen molar-refractivity contribution >= 4 is 104 Å². The second-order valence-corrected chi connectivity index (χ2v) is 48.9. The van der Waals surface area contributed by atoms with Crippen LogP contribution in [-0.2, 0) is 59.9 Å². The van der Waals surface area contributed by atoms with Crippen molar-refractivity contribution in [3.8, 4) is 34.2 Å². The van der Waals surface area contributed by atoms with Crippen LogP contribution in [-0.4, -0.2) is 171 Å². The number of hydrogen-bond acceptors (Lipinski definition) is 18. The summed E-state index contributed by atoms with van der Waals surface area (Å²) in [5.74, 6) is 4.81. The molecule has 27 heteroatoms. The summed E-state index contributed by atoms with van der Waals surface area (Å²) >= 11 is 4.36. The lowest BCUT2D eigenvalue weighted by atomic mass is 9.70. The fourth-order valence-corrected chi connectivity index (χ4v) is 27.0. The first kappa shape index (κ1) is 108. The van der Waals surface area contributed by atoms with Crippen molar-refractivity contribution in [1.29, 1.82) is 0 Å². The Kier molecular flexibility index (Phi) is 36.3. The molecule has 9 aromatic rings. The zero-order chi connectivity index (χ0) is 104. The number of thiophene rings is 3. The van der Waals surface area contributed by atoms with Gasteiger partial charge in [-0.3, -0.25) is 43.2 Å². The number of allylic oxidation sites excluding steroid dienone is 6. The first-order valence-electron chi connectivity index (χ1n) is 55.0. The highest BCUT2D eigenvalue weighted by Crippen LogP contribution is 2.48. The van der Waals surface area contributed by atoms with Crippen molar-refractivity contribution in [1.82, 2.24) is 60.6 Å². The number of carboxylic acid groups (broad SMARTS) is 3. The number of aromatic nitrogens is 6. The molecule has 784 valence electrons. The number of nitrogens with one attached hydrogen (secondary N) is 3. The second-order valence-electron chi connectivity index (χ2n) is 45.5. The number of carbonyl (C=O) groups excluding carboxylic acids is 6. The molecule has 3 unspecified atom stereocenters. The summed E-state index contributed by atoms with van der Waals surface area (Å²) in [5, 5.41) is 37.0. The van der Waals surface area contributed by atoms with Crippen LogP contribution in [0.15, 0.2) is 165 Å². The first-order valence-corrected chi connectivity index (χ1v) is 57.5. The Bertz CT molecular complexity index is 6160. The molecule has 6 amide bonds. The lowest BCUT2D eigenvalue weighted by Crippen LogP contribution is -2.59. The molecule has 0 bridgehead atoms. The maximum atomic E-state index is 13.7. The Hall–Kier alpha value is -11.6. The number of benzene rings is 3. The van der Waals surface area contributed by atoms with Crippen LogP contribution in [0.1, 0.15) is 318 Å². The van der Waals surface area contributed by atoms with E-state index >= 15 is 0 Å². The first-order chi connectivity index (χ1) is 71.4. The third-order valence-corrected chi connectivity index (χ3v) is 37.1. The highest BCUT2D eigenvalue weighted by atomic mass is 32.1. The van der Waals surface area contributed by atoms with Crippen molar-refractivity contribution in [3.05, 3.63) is 227 Å². The molecule has 0 spiro atoms. The summed E-state index contributed by atoms with van der Waals surface area (Å²) < 4.78 is 0. The number of aliphatic carboxylic acids is 3. The lowest BCUT2D eigenvalue weighted by molar-refractivity contribution is -0.155. The molecule has 3 aromatic carbocycles. The van der Waals surface area contributed by atoms with Crippen molar-refractivity contribution in [3.63, 3.8) is 0 Å². The molecule has 7 fully saturated rings. The van der Waals surface area contributed by atoms with Gasteiger partial charge in [-0.1, -0.05) is 211 Å². The van der Waals surface area contributed by atoms with Crippen LogP contribution in [0.2, 0.25) is 0 Å². The zero-order valence-electron chi connectivity index (χ0n) is 87.5. The summed E-state index contributed by atoms with van der Waals surface area (Å²) in [6, 6.07) is 32.4. The molecule has 148 heavy (non-hydrogen) atoms. The van der Waals surface area contributed by atoms with Gasteiger partial charge in [-0.15, -0.1) is 34.0 Å². The Morgan fingerprint density at radius 3 is 1.05 bits per heavy atom. The number of carboxylic acids is 3. The van der Waals surface area contributed by atoms with Crippen molar-refractivity contribution in [2.75, 3.05) is 39.3 Å². The Labute approximate surface area is 885 Å². The van der Waals surface area contributed by atoms with E-state index in [1.165, 1.54) is 194 Å². The summed E-state index contributed by atoms with van der Waals surface area (Å²) in [5.41, 5.74) is 12.6. The molecule has 0 radical (unpaired) electrons. The second kappa shape index (κ2) is 49.9. The van der Waals surface area contributed by atoms with E-state index in [4.69, 9.17) is 29.9 Å². The molecular weight excluding hydrogens is 1910 g/mol. The standard InChI is InChI=1S/C41H52N4O4S.C40H48N4O4S.C40H50N4O4S/c1-4-5-27-6-10-29(11-7-27)30-14-16-31(17-15-30)33-22-42-38(43-23-33)32-12-8-28(9-13-32)21-36(40(47)45-24-34(25-45)41(48)49)44-39(46)37-19-18-35(50-37)20-26(2)3;1-2-3-25-4-8-27(9-5-25)28-12-14-29(15-13-28)32-21-41-37(42-22-32)31-10-6-26(7-11-31)20-34(39(46)44-23-33(24-44)40(47)48)43-38(45)36-19-18-35(49-36)30-16-17-30;1-25-5-9-27(10-6-25)28-13-15-29(16-14-28)32-22-41-36(42-23-32)30-11-7-26(8-12-30)21-33(38(46)44-20-19-31(24-44)39(47)48)43-37(45)34-17-18-35(49-34)40(2,3)4/h8-9,12-13,16,18-19,22-23,26-27,29-30,34,36H,4-7,10-11,14-15,17,20-21,24-25H2,1-3H3,(H,44,46)(H,48,49);6-7,10-11,14,18-19,21-22,25,27-28,30,33-34H,2-5,8-9,12-13,15-17,20,23-24H2,1H3,(H,43,45)(H,47,48);7-8,11-12,15,17-18,22-23,25,27-28,31,33H,5-6,9-10,13-14,16,19-21,24H2,1-4H3,(H,43,45)(H,47,48)/t27?,29?,30?,36-;25?,27?,28?,34-;25?,27?,28?,31-,33-/m000/s1. The van der Waals surface area contributed by atoms with Gasteiger partial charge in [-0.05, 0) is 262 Å². The molecule has 4 saturated carbocycles. The Morgan fingerprint density at radius 2 is 0.716 bits per heavy atom. The minimum atomic E-state index is -0.907. The molecule has 24 nitrogen and oxygen atoms in total. The van der Waals surface area contributed by atoms with E-state index in [9.17, 15) is 58.5 Å². The van der Waals surface area contributed by atoms with Crippen LogP contribution in [0.4, 0.5) is 0 Å². The quantitative estimate of drug-likeness (QED) is 0.0218. The third kappa shape index (κ3) is 28.2. The van der Waals surface area contributed by atoms with Gasteiger partial charge >= 0.3 is 17.9 Å². The summed E-state index contributed by atoms with van der Waals surface area (Å²) in [4.78, 5) is 153. The largest absolute Gasteiger partial charge is 0.481 e. The minimum absolute atomic E-state index is 0.0877. The van der Waals surface area contributed by atoms with E-state index in [1.807, 2.05) is 140 Å². The van der Waals surface area contributed by atoms with Crippen LogP contribution in [0, 0.1) is 76.9 Å². The molecule has 7 aliphatic carbocycles. The molecule has 6 aromatic heterocycles. The monoisotopic (exact) mass is 2060 g/mol. The number of carbonyl (C=O) groups is 9. The number of hydrogen-bond donors (Lipinski definition) is 6. The molecule has 6 N–H and O–H groups in total. The summed E-state index contributed by atoms with van der Waals surface area (Å²) in [7, 11) is 0. The van der Waals surface area contributed by atoms with Gasteiger partial charge in [0.15, 0.2) is 17.5 Å². The van der Waals surface area contributed by atoms with E-state index < -0.39 is 53.8 Å². The van der Waals surface area contributed by atoms with Crippen LogP contribution in [0.3, 0.4) is 0 Å². The fraction of sp³-hybridized carbons (Fsp3) is 0.529. The molecule has 10 aliphatic rings. The maximum Gasteiger partial charge on any atom is 0.310 e. The van der Waals surface area contributed by atoms with Gasteiger partial charge in [0.2, 0.25) is 17.7 Å². The average molecular weight is 2060 g/mol. The molecule has 9 heterocycles. The van der Waals surface area contributed by atoms with Gasteiger partial charge in [-0.25, -0.2) is 29.9 Å². The van der Waals surface area contributed by atoms with Gasteiger partial charge in [0, 0.05) is 144 Å². The lowest BCUT2D eigenvalue weighted by Gasteiger charge is -2.38. The summed E-state index contributed by atoms with van der Waals surface area (Å²) in [6.45, 7) is 18.7. The van der Waals surface area contributed by atoms with E-state index in [2.05, 4.69) is 89.6 Å². The van der Waals surface area contributed by atoms with Crippen molar-refractivity contribution in [2.45, 2.75) is 290 Å². The van der Waals surface area contributed by atoms with E-state index in [1.54, 1.807) is 11.0 Å². The Morgan fingerprint density at radius 1 is 0.372 bits per heavy atom. The molecular formula is C121H150N12O12S3. The zero-order valence-corrected chi connectivity index (χ0v) is 90.0. The molecule has 3 saturated heterocycles. The van der Waals surface area contributed by atoms with E-state index in [0.29, 0.717) is 69.7 Å². The van der Waals surface area contributed by atoms with Crippen LogP contribution in [0.5, 0.6) is 0 Å². The highest BCUT2D eigenvalue weighted by molar-refractivity contribution is 7.14. The van der Waals surface area contributed by atoms with Gasteiger partial charge < -0.3 is 46.0 Å². The predicted molar refractivity (Wildman–Crippen MR) is 585 cm³/mol. The fourth-order valence-electron chi connectivity index (χ4n) is 23.8. The van der Waals surface area contributed by atoms with Crippen molar-refractivity contribution in [2.24, 2.45) is 76.9 Å². The van der Waals surface area contributed by atoms with Crippen LogP contribution < -0.4 is 16.0 Å². The number of likely N-dealkylation sites (tertiary alicyclic amines) is 3. The predicted octanol–water partition coefficient (Wildman–Crippen LogP) is 23.6. The highest BCUT2D eigenvalue weighted by Gasteiger charge is 2.43. The van der Waals surface area contributed by atoms with Crippen molar-refractivity contribution < 1.29 is 58.5 Å². The normalized spacial score (nSPS) is 22.8. The van der Waals surface area contributed by atoms with E-state index in [0.717, 1.165) is 164 Å². The molecule has 7 atom stereocenters. The average Bonchev–Trinajstić information content (AvgIpc) is 1.37. The number of amides is 6. The van der Waals surface area contributed by atoms with Gasteiger partial charge in [0.05, 0.1) is 32.4 Å². The number of rotatable bonds is 34.